The molecular weight excluding hydrogens is 456 g/mol. The number of halogens is 1. The van der Waals surface area contributed by atoms with Crippen molar-refractivity contribution in [2.45, 2.75) is 6.42 Å². The van der Waals surface area contributed by atoms with E-state index in [-0.39, 0.29) is 11.8 Å². The number of benzene rings is 3. The zero-order chi connectivity index (χ0) is 22.8. The predicted octanol–water partition coefficient (Wildman–Crippen LogP) is 5.66. The standard InChI is InChI=1S/C25H19ClN4O2S/c26-16-9-10-20-19(13-16)15(14-28-20)11-12-27-24(31)17-5-1-3-7-21(17)29-25(32)23-18-6-2-4-8-22(18)33-30-23/h1-10,13-14,28H,11-12H2,(H,27,31)(H,29,32). The van der Waals surface area contributed by atoms with Gasteiger partial charge in [0.1, 0.15) is 5.69 Å². The van der Waals surface area contributed by atoms with Crippen molar-refractivity contribution in [1.29, 1.82) is 0 Å². The average molecular weight is 475 g/mol. The summed E-state index contributed by atoms with van der Waals surface area (Å²) in [4.78, 5) is 29.0. The zero-order valence-electron chi connectivity index (χ0n) is 17.4. The van der Waals surface area contributed by atoms with Gasteiger partial charge in [-0.25, -0.2) is 0 Å². The lowest BCUT2D eigenvalue weighted by molar-refractivity contribution is 0.0955. The molecule has 2 aromatic heterocycles. The van der Waals surface area contributed by atoms with Crippen LogP contribution in [-0.2, 0) is 6.42 Å². The number of aromatic nitrogens is 2. The van der Waals surface area contributed by atoms with Crippen molar-refractivity contribution < 1.29 is 9.59 Å². The second-order valence-electron chi connectivity index (χ2n) is 7.54. The van der Waals surface area contributed by atoms with Gasteiger partial charge in [0.15, 0.2) is 0 Å². The predicted molar refractivity (Wildman–Crippen MR) is 133 cm³/mol. The number of fused-ring (bicyclic) bond motifs is 2. The summed E-state index contributed by atoms with van der Waals surface area (Å²) in [5.41, 5.74) is 3.26. The Morgan fingerprint density at radius 1 is 0.970 bits per heavy atom. The minimum Gasteiger partial charge on any atom is -0.361 e. The Kier molecular flexibility index (Phi) is 5.81. The molecule has 0 bridgehead atoms. The van der Waals surface area contributed by atoms with Gasteiger partial charge in [-0.2, -0.15) is 4.37 Å². The Balaban J connectivity index is 1.28. The lowest BCUT2D eigenvalue weighted by atomic mass is 10.1. The number of para-hydroxylation sites is 1. The van der Waals surface area contributed by atoms with Crippen LogP contribution in [-0.4, -0.2) is 27.7 Å². The first-order valence-corrected chi connectivity index (χ1v) is 11.5. The van der Waals surface area contributed by atoms with Crippen molar-refractivity contribution in [1.82, 2.24) is 14.7 Å². The number of nitrogens with zero attached hydrogens (tertiary/aromatic N) is 1. The SMILES string of the molecule is O=C(NCCc1c[nH]c2ccc(Cl)cc12)c1ccccc1NC(=O)c1nsc2ccccc12. The van der Waals surface area contributed by atoms with Crippen molar-refractivity contribution in [3.05, 3.63) is 94.8 Å². The van der Waals surface area contributed by atoms with E-state index in [4.69, 9.17) is 11.6 Å². The molecular formula is C25H19ClN4O2S. The molecule has 0 atom stereocenters. The maximum atomic E-state index is 12.9. The van der Waals surface area contributed by atoms with Crippen LogP contribution >= 0.6 is 23.1 Å². The number of anilines is 1. The number of carbonyl (C=O) groups is 2. The summed E-state index contributed by atoms with van der Waals surface area (Å²) >= 11 is 7.39. The number of rotatable bonds is 6. The second-order valence-corrected chi connectivity index (χ2v) is 8.78. The number of hydrogen-bond donors (Lipinski definition) is 3. The number of carbonyl (C=O) groups excluding carboxylic acids is 2. The van der Waals surface area contributed by atoms with E-state index in [0.717, 1.165) is 26.6 Å². The lowest BCUT2D eigenvalue weighted by Gasteiger charge is -2.11. The van der Waals surface area contributed by atoms with Crippen LogP contribution in [0.5, 0.6) is 0 Å². The minimum atomic E-state index is -0.344. The number of H-pyrrole nitrogens is 1. The Morgan fingerprint density at radius 2 is 1.79 bits per heavy atom. The number of amides is 2. The molecule has 5 aromatic rings. The van der Waals surface area contributed by atoms with E-state index in [0.29, 0.717) is 34.9 Å². The van der Waals surface area contributed by atoms with Crippen molar-refractivity contribution in [3.8, 4) is 0 Å². The third-order valence-electron chi connectivity index (χ3n) is 5.42. The highest BCUT2D eigenvalue weighted by atomic mass is 35.5. The molecule has 0 fully saturated rings. The van der Waals surface area contributed by atoms with Crippen LogP contribution in [0.3, 0.4) is 0 Å². The second kappa shape index (κ2) is 9.05. The van der Waals surface area contributed by atoms with Gasteiger partial charge in [-0.1, -0.05) is 41.9 Å². The molecule has 0 saturated carbocycles. The largest absolute Gasteiger partial charge is 0.361 e. The summed E-state index contributed by atoms with van der Waals surface area (Å²) in [5.74, 6) is -0.602. The molecule has 0 unspecified atom stereocenters. The summed E-state index contributed by atoms with van der Waals surface area (Å²) in [6.07, 6.45) is 2.57. The molecule has 0 aliphatic heterocycles. The van der Waals surface area contributed by atoms with Gasteiger partial charge in [0.05, 0.1) is 16.0 Å². The molecule has 3 N–H and O–H groups in total. The topological polar surface area (TPSA) is 86.9 Å². The first kappa shape index (κ1) is 21.2. The van der Waals surface area contributed by atoms with Gasteiger partial charge < -0.3 is 15.6 Å². The number of nitrogens with one attached hydrogen (secondary N) is 3. The molecule has 0 spiro atoms. The molecule has 5 rings (SSSR count). The molecule has 2 amide bonds. The Labute approximate surface area is 198 Å². The van der Waals surface area contributed by atoms with Crippen LogP contribution in [0.4, 0.5) is 5.69 Å². The number of aromatic amines is 1. The van der Waals surface area contributed by atoms with Crippen LogP contribution in [0, 0.1) is 0 Å². The highest BCUT2D eigenvalue weighted by Crippen LogP contribution is 2.25. The highest BCUT2D eigenvalue weighted by Gasteiger charge is 2.18. The molecule has 3 aromatic carbocycles. The molecule has 0 saturated heterocycles. The Morgan fingerprint density at radius 3 is 2.70 bits per heavy atom. The summed E-state index contributed by atoms with van der Waals surface area (Å²) in [7, 11) is 0. The van der Waals surface area contributed by atoms with Crippen molar-refractivity contribution in [3.63, 3.8) is 0 Å². The fourth-order valence-corrected chi connectivity index (χ4v) is 4.73. The van der Waals surface area contributed by atoms with Crippen LogP contribution in [0.15, 0.2) is 72.9 Å². The molecule has 2 heterocycles. The van der Waals surface area contributed by atoms with E-state index in [1.165, 1.54) is 11.5 Å². The first-order chi connectivity index (χ1) is 16.1. The van der Waals surface area contributed by atoms with E-state index in [2.05, 4.69) is 20.0 Å². The van der Waals surface area contributed by atoms with E-state index in [1.54, 1.807) is 24.3 Å². The molecule has 0 aliphatic carbocycles. The fraction of sp³-hybridized carbons (Fsp3) is 0.0800. The third kappa shape index (κ3) is 4.33. The maximum absolute atomic E-state index is 12.9. The van der Waals surface area contributed by atoms with Crippen molar-refractivity contribution in [2.24, 2.45) is 0 Å². The van der Waals surface area contributed by atoms with Crippen LogP contribution in [0.2, 0.25) is 5.02 Å². The van der Waals surface area contributed by atoms with E-state index < -0.39 is 0 Å². The summed E-state index contributed by atoms with van der Waals surface area (Å²) in [6.45, 7) is 0.442. The third-order valence-corrected chi connectivity index (χ3v) is 6.48. The average Bonchev–Trinajstić information content (AvgIpc) is 3.43. The van der Waals surface area contributed by atoms with Gasteiger partial charge in [-0.05, 0) is 59.9 Å². The van der Waals surface area contributed by atoms with Gasteiger partial charge in [-0.15, -0.1) is 0 Å². The molecule has 0 radical (unpaired) electrons. The molecule has 0 aliphatic rings. The summed E-state index contributed by atoms with van der Waals surface area (Å²) in [6, 6.07) is 20.2. The van der Waals surface area contributed by atoms with E-state index >= 15 is 0 Å². The monoisotopic (exact) mass is 474 g/mol. The quantitative estimate of drug-likeness (QED) is 0.297. The van der Waals surface area contributed by atoms with Gasteiger partial charge in [0.2, 0.25) is 0 Å². The van der Waals surface area contributed by atoms with Crippen molar-refractivity contribution in [2.75, 3.05) is 11.9 Å². The van der Waals surface area contributed by atoms with E-state index in [9.17, 15) is 9.59 Å². The van der Waals surface area contributed by atoms with Gasteiger partial charge >= 0.3 is 0 Å². The zero-order valence-corrected chi connectivity index (χ0v) is 19.0. The molecule has 8 heteroatoms. The Bertz CT molecular complexity index is 1490. The summed E-state index contributed by atoms with van der Waals surface area (Å²) in [5, 5.41) is 8.29. The molecule has 33 heavy (non-hydrogen) atoms. The normalized spacial score (nSPS) is 11.1. The Hall–Kier alpha value is -3.68. The summed E-state index contributed by atoms with van der Waals surface area (Å²) < 4.78 is 5.23. The van der Waals surface area contributed by atoms with E-state index in [1.807, 2.05) is 48.7 Å². The van der Waals surface area contributed by atoms with Crippen LogP contribution < -0.4 is 10.6 Å². The molecule has 6 nitrogen and oxygen atoms in total. The number of hydrogen-bond acceptors (Lipinski definition) is 4. The van der Waals surface area contributed by atoms with Crippen LogP contribution in [0.1, 0.15) is 26.4 Å². The first-order valence-electron chi connectivity index (χ1n) is 10.4. The molecule has 164 valence electrons. The van der Waals surface area contributed by atoms with Crippen LogP contribution in [0.25, 0.3) is 21.0 Å². The van der Waals surface area contributed by atoms with Gasteiger partial charge in [0.25, 0.3) is 11.8 Å². The van der Waals surface area contributed by atoms with Gasteiger partial charge in [0, 0.05) is 34.1 Å². The minimum absolute atomic E-state index is 0.257. The smallest absolute Gasteiger partial charge is 0.276 e. The van der Waals surface area contributed by atoms with Crippen molar-refractivity contribution >= 4 is 61.6 Å². The van der Waals surface area contributed by atoms with Gasteiger partial charge in [-0.3, -0.25) is 9.59 Å². The fourth-order valence-electron chi connectivity index (χ4n) is 3.78. The lowest BCUT2D eigenvalue weighted by Crippen LogP contribution is -2.27. The maximum Gasteiger partial charge on any atom is 0.276 e. The highest BCUT2D eigenvalue weighted by molar-refractivity contribution is 7.13.